The summed E-state index contributed by atoms with van der Waals surface area (Å²) in [6.07, 6.45) is 0.496. The van der Waals surface area contributed by atoms with Crippen molar-refractivity contribution in [3.8, 4) is 0 Å². The second-order valence-electron chi connectivity index (χ2n) is 2.70. The van der Waals surface area contributed by atoms with Gasteiger partial charge in [0.2, 0.25) is 5.91 Å². The van der Waals surface area contributed by atoms with E-state index in [0.29, 0.717) is 36.8 Å². The Balaban J connectivity index is 2.33. The maximum Gasteiger partial charge on any atom is 0.223 e. The summed E-state index contributed by atoms with van der Waals surface area (Å²) >= 11 is 3.99. The Morgan fingerprint density at radius 3 is 2.50 bits per heavy atom. The van der Waals surface area contributed by atoms with Crippen LogP contribution in [0.3, 0.4) is 0 Å². The second-order valence-corrected chi connectivity index (χ2v) is 4.85. The van der Waals surface area contributed by atoms with Gasteiger partial charge in [0, 0.05) is 41.8 Å². The Hall–Kier alpha value is -0.0300. The molecule has 0 aromatic carbocycles. The first-order valence-electron chi connectivity index (χ1n) is 3.97. The molecule has 1 aliphatic rings. The van der Waals surface area contributed by atoms with Crippen LogP contribution in [0.25, 0.3) is 0 Å². The minimum Gasteiger partial charge on any atom is -0.341 e. The van der Waals surface area contributed by atoms with Crippen LogP contribution in [-0.2, 0) is 15.6 Å². The number of hydrogen-bond donors (Lipinski definition) is 1. The van der Waals surface area contributed by atoms with E-state index < -0.39 is 10.8 Å². The summed E-state index contributed by atoms with van der Waals surface area (Å²) in [6, 6.07) is 0. The molecule has 0 aliphatic carbocycles. The van der Waals surface area contributed by atoms with Crippen molar-refractivity contribution < 1.29 is 9.00 Å². The standard InChI is InChI=1S/C7H13NO2S2/c9-7(1-4-11)8-2-5-12(10)6-3-8/h11H,1-6H2. The topological polar surface area (TPSA) is 37.4 Å². The highest BCUT2D eigenvalue weighted by Gasteiger charge is 2.18. The van der Waals surface area contributed by atoms with Gasteiger partial charge in [-0.1, -0.05) is 0 Å². The van der Waals surface area contributed by atoms with Crippen LogP contribution >= 0.6 is 12.6 Å². The zero-order valence-corrected chi connectivity index (χ0v) is 8.57. The third kappa shape index (κ3) is 2.79. The van der Waals surface area contributed by atoms with E-state index in [0.717, 1.165) is 0 Å². The first-order chi connectivity index (χ1) is 5.74. The number of thiol groups is 1. The third-order valence-electron chi connectivity index (χ3n) is 1.86. The molecular formula is C7H13NO2S2. The fourth-order valence-electron chi connectivity index (χ4n) is 1.14. The lowest BCUT2D eigenvalue weighted by molar-refractivity contribution is -0.130. The van der Waals surface area contributed by atoms with Gasteiger partial charge in [0.15, 0.2) is 0 Å². The van der Waals surface area contributed by atoms with Gasteiger partial charge in [-0.3, -0.25) is 9.00 Å². The normalized spacial score (nSPS) is 19.6. The lowest BCUT2D eigenvalue weighted by Crippen LogP contribution is -2.41. The number of nitrogens with zero attached hydrogens (tertiary/aromatic N) is 1. The van der Waals surface area contributed by atoms with Gasteiger partial charge in [-0.2, -0.15) is 12.6 Å². The molecule has 0 radical (unpaired) electrons. The molecule has 1 aliphatic heterocycles. The quantitative estimate of drug-likeness (QED) is 0.642. The molecule has 3 nitrogen and oxygen atoms in total. The average Bonchev–Trinajstić information content (AvgIpc) is 2.06. The molecule has 70 valence electrons. The van der Waals surface area contributed by atoms with Gasteiger partial charge in [-0.15, -0.1) is 0 Å². The molecule has 5 heteroatoms. The van der Waals surface area contributed by atoms with Crippen molar-refractivity contribution in [1.29, 1.82) is 0 Å². The van der Waals surface area contributed by atoms with E-state index >= 15 is 0 Å². The minimum absolute atomic E-state index is 0.140. The SMILES string of the molecule is O=C(CCS)N1CCS(=O)CC1. The Labute approximate surface area is 80.4 Å². The summed E-state index contributed by atoms with van der Waals surface area (Å²) in [5.74, 6) is 2.01. The summed E-state index contributed by atoms with van der Waals surface area (Å²) in [7, 11) is -0.694. The van der Waals surface area contributed by atoms with Crippen LogP contribution in [0.1, 0.15) is 6.42 Å². The van der Waals surface area contributed by atoms with Crippen molar-refractivity contribution in [2.45, 2.75) is 6.42 Å². The van der Waals surface area contributed by atoms with Crippen molar-refractivity contribution in [1.82, 2.24) is 4.90 Å². The highest BCUT2D eigenvalue weighted by atomic mass is 32.2. The molecule has 1 heterocycles. The lowest BCUT2D eigenvalue weighted by Gasteiger charge is -2.26. The van der Waals surface area contributed by atoms with Gasteiger partial charge >= 0.3 is 0 Å². The largest absolute Gasteiger partial charge is 0.341 e. The van der Waals surface area contributed by atoms with Crippen LogP contribution in [0.4, 0.5) is 0 Å². The van der Waals surface area contributed by atoms with Gasteiger partial charge in [0.1, 0.15) is 0 Å². The van der Waals surface area contributed by atoms with Gasteiger partial charge in [-0.25, -0.2) is 0 Å². The molecule has 1 amide bonds. The van der Waals surface area contributed by atoms with Gasteiger partial charge in [0.25, 0.3) is 0 Å². The molecule has 0 unspecified atom stereocenters. The lowest BCUT2D eigenvalue weighted by atomic mass is 10.4. The molecule has 0 spiro atoms. The molecule has 0 atom stereocenters. The third-order valence-corrected chi connectivity index (χ3v) is 3.36. The van der Waals surface area contributed by atoms with Crippen LogP contribution in [0, 0.1) is 0 Å². The summed E-state index contributed by atoms with van der Waals surface area (Å²) < 4.78 is 10.9. The van der Waals surface area contributed by atoms with Crippen LogP contribution in [0.5, 0.6) is 0 Å². The number of rotatable bonds is 2. The number of carbonyl (C=O) groups excluding carboxylic acids is 1. The van der Waals surface area contributed by atoms with Crippen LogP contribution in [0.15, 0.2) is 0 Å². The predicted molar refractivity (Wildman–Crippen MR) is 52.9 cm³/mol. The maximum atomic E-state index is 11.3. The van der Waals surface area contributed by atoms with E-state index in [1.807, 2.05) is 0 Å². The zero-order chi connectivity index (χ0) is 8.97. The predicted octanol–water partition coefficient (Wildman–Crippen LogP) is -0.103. The molecule has 0 N–H and O–H groups in total. The Morgan fingerprint density at radius 2 is 2.00 bits per heavy atom. The Kier molecular flexibility index (Phi) is 4.08. The fraction of sp³-hybridized carbons (Fsp3) is 0.857. The number of amides is 1. The second kappa shape index (κ2) is 4.87. The highest BCUT2D eigenvalue weighted by Crippen LogP contribution is 2.02. The van der Waals surface area contributed by atoms with Crippen molar-refractivity contribution >= 4 is 29.3 Å². The molecule has 1 fully saturated rings. The molecule has 1 saturated heterocycles. The van der Waals surface area contributed by atoms with Crippen molar-refractivity contribution in [3.05, 3.63) is 0 Å². The summed E-state index contributed by atoms with van der Waals surface area (Å²) in [6.45, 7) is 1.30. The molecule has 1 rings (SSSR count). The van der Waals surface area contributed by atoms with E-state index in [4.69, 9.17) is 0 Å². The molecule has 0 bridgehead atoms. The maximum absolute atomic E-state index is 11.3. The van der Waals surface area contributed by atoms with Gasteiger partial charge in [-0.05, 0) is 5.75 Å². The minimum atomic E-state index is -0.694. The average molecular weight is 207 g/mol. The van der Waals surface area contributed by atoms with Crippen LogP contribution in [0.2, 0.25) is 0 Å². The smallest absolute Gasteiger partial charge is 0.223 e. The van der Waals surface area contributed by atoms with Crippen molar-refractivity contribution in [2.24, 2.45) is 0 Å². The monoisotopic (exact) mass is 207 g/mol. The summed E-state index contributed by atoms with van der Waals surface area (Å²) in [4.78, 5) is 13.1. The van der Waals surface area contributed by atoms with Gasteiger partial charge < -0.3 is 4.90 Å². The van der Waals surface area contributed by atoms with Crippen molar-refractivity contribution in [3.63, 3.8) is 0 Å². The van der Waals surface area contributed by atoms with E-state index in [1.165, 1.54) is 0 Å². The highest BCUT2D eigenvalue weighted by molar-refractivity contribution is 7.85. The Bertz CT molecular complexity index is 186. The van der Waals surface area contributed by atoms with E-state index in [-0.39, 0.29) is 5.91 Å². The Morgan fingerprint density at radius 1 is 1.42 bits per heavy atom. The van der Waals surface area contributed by atoms with Crippen molar-refractivity contribution in [2.75, 3.05) is 30.3 Å². The summed E-state index contributed by atoms with van der Waals surface area (Å²) in [5.41, 5.74) is 0. The molecule has 12 heavy (non-hydrogen) atoms. The van der Waals surface area contributed by atoms with Crippen LogP contribution in [-0.4, -0.2) is 45.4 Å². The molecular weight excluding hydrogens is 194 g/mol. The van der Waals surface area contributed by atoms with Gasteiger partial charge in [0.05, 0.1) is 0 Å². The first-order valence-corrected chi connectivity index (χ1v) is 6.09. The van der Waals surface area contributed by atoms with E-state index in [9.17, 15) is 9.00 Å². The van der Waals surface area contributed by atoms with E-state index in [1.54, 1.807) is 4.90 Å². The molecule has 0 saturated carbocycles. The van der Waals surface area contributed by atoms with Crippen LogP contribution < -0.4 is 0 Å². The number of carbonyl (C=O) groups is 1. The first kappa shape index (κ1) is 10.1. The number of hydrogen-bond acceptors (Lipinski definition) is 3. The zero-order valence-electron chi connectivity index (χ0n) is 6.86. The fourth-order valence-corrected chi connectivity index (χ4v) is 2.38. The molecule has 0 aromatic rings. The summed E-state index contributed by atoms with van der Waals surface area (Å²) in [5, 5.41) is 0. The molecule has 0 aromatic heterocycles. The van der Waals surface area contributed by atoms with E-state index in [2.05, 4.69) is 12.6 Å².